The first kappa shape index (κ1) is 13.4. The Morgan fingerprint density at radius 3 is 2.84 bits per heavy atom. The molecule has 1 N–H and O–H groups in total. The molecule has 0 atom stereocenters. The third kappa shape index (κ3) is 3.26. The Morgan fingerprint density at radius 1 is 1.21 bits per heavy atom. The van der Waals surface area contributed by atoms with Gasteiger partial charge in [-0.3, -0.25) is 0 Å². The third-order valence-corrected chi connectivity index (χ3v) is 2.54. The Balaban J connectivity index is 2.25. The first-order chi connectivity index (χ1) is 9.22. The molecule has 0 aliphatic rings. The first-order valence-electron chi connectivity index (χ1n) is 5.99. The van der Waals surface area contributed by atoms with Crippen LogP contribution in [-0.2, 0) is 6.54 Å². The smallest absolute Gasteiger partial charge is 0.223 e. The molecule has 100 valence electrons. The van der Waals surface area contributed by atoms with Gasteiger partial charge in [-0.25, -0.2) is 9.37 Å². The van der Waals surface area contributed by atoms with Crippen LogP contribution in [0.5, 0.6) is 11.6 Å². The SMILES string of the molecule is CCNCc1cccnc1Oc1cccc(F)c1F. The van der Waals surface area contributed by atoms with Gasteiger partial charge in [0.1, 0.15) is 0 Å². The molecule has 0 aliphatic heterocycles. The van der Waals surface area contributed by atoms with E-state index in [1.54, 1.807) is 12.3 Å². The number of nitrogens with one attached hydrogen (secondary N) is 1. The Labute approximate surface area is 110 Å². The fourth-order valence-electron chi connectivity index (χ4n) is 1.58. The van der Waals surface area contributed by atoms with Crippen molar-refractivity contribution in [1.82, 2.24) is 10.3 Å². The molecule has 0 amide bonds. The molecule has 0 spiro atoms. The van der Waals surface area contributed by atoms with Crippen LogP contribution in [0, 0.1) is 11.6 Å². The zero-order valence-electron chi connectivity index (χ0n) is 10.5. The van der Waals surface area contributed by atoms with E-state index in [1.165, 1.54) is 12.1 Å². The largest absolute Gasteiger partial charge is 0.435 e. The van der Waals surface area contributed by atoms with Gasteiger partial charge in [-0.05, 0) is 24.7 Å². The van der Waals surface area contributed by atoms with E-state index in [4.69, 9.17) is 4.74 Å². The molecule has 0 unspecified atom stereocenters. The van der Waals surface area contributed by atoms with Gasteiger partial charge in [-0.2, -0.15) is 4.39 Å². The standard InChI is InChI=1S/C14H14F2N2O/c1-2-17-9-10-5-4-8-18-14(10)19-12-7-3-6-11(15)13(12)16/h3-8,17H,2,9H2,1H3. The minimum atomic E-state index is -1.01. The predicted molar refractivity (Wildman–Crippen MR) is 68.0 cm³/mol. The summed E-state index contributed by atoms with van der Waals surface area (Å²) >= 11 is 0. The number of aromatic nitrogens is 1. The van der Waals surface area contributed by atoms with Crippen LogP contribution < -0.4 is 10.1 Å². The first-order valence-corrected chi connectivity index (χ1v) is 5.99. The zero-order chi connectivity index (χ0) is 13.7. The average molecular weight is 264 g/mol. The van der Waals surface area contributed by atoms with E-state index in [9.17, 15) is 8.78 Å². The maximum atomic E-state index is 13.5. The van der Waals surface area contributed by atoms with E-state index >= 15 is 0 Å². The summed E-state index contributed by atoms with van der Waals surface area (Å²) in [5.74, 6) is -1.85. The van der Waals surface area contributed by atoms with Crippen molar-refractivity contribution in [3.63, 3.8) is 0 Å². The number of hydrogen-bond acceptors (Lipinski definition) is 3. The summed E-state index contributed by atoms with van der Waals surface area (Å²) in [5, 5.41) is 3.13. The normalized spacial score (nSPS) is 10.5. The second kappa shape index (κ2) is 6.24. The van der Waals surface area contributed by atoms with Gasteiger partial charge in [-0.15, -0.1) is 0 Å². The molecule has 5 heteroatoms. The quantitative estimate of drug-likeness (QED) is 0.900. The van der Waals surface area contributed by atoms with Crippen molar-refractivity contribution >= 4 is 0 Å². The summed E-state index contributed by atoms with van der Waals surface area (Å²) in [7, 11) is 0. The molecule has 1 heterocycles. The lowest BCUT2D eigenvalue weighted by Gasteiger charge is -2.10. The summed E-state index contributed by atoms with van der Waals surface area (Å²) in [4.78, 5) is 4.05. The zero-order valence-corrected chi connectivity index (χ0v) is 10.5. The molecular weight excluding hydrogens is 250 g/mol. The molecule has 3 nitrogen and oxygen atoms in total. The number of halogens is 2. The van der Waals surface area contributed by atoms with E-state index in [1.807, 2.05) is 13.0 Å². The molecule has 1 aromatic heterocycles. The summed E-state index contributed by atoms with van der Waals surface area (Å²) in [6.07, 6.45) is 1.54. The van der Waals surface area contributed by atoms with Crippen LogP contribution in [-0.4, -0.2) is 11.5 Å². The highest BCUT2D eigenvalue weighted by Crippen LogP contribution is 2.26. The molecule has 19 heavy (non-hydrogen) atoms. The molecular formula is C14H14F2N2O. The highest BCUT2D eigenvalue weighted by atomic mass is 19.2. The van der Waals surface area contributed by atoms with Crippen molar-refractivity contribution in [3.8, 4) is 11.6 Å². The van der Waals surface area contributed by atoms with Crippen LogP contribution in [0.4, 0.5) is 8.78 Å². The fraction of sp³-hybridized carbons (Fsp3) is 0.214. The molecule has 0 fully saturated rings. The van der Waals surface area contributed by atoms with Gasteiger partial charge in [0, 0.05) is 18.3 Å². The van der Waals surface area contributed by atoms with Gasteiger partial charge < -0.3 is 10.1 Å². The van der Waals surface area contributed by atoms with Crippen LogP contribution >= 0.6 is 0 Å². The topological polar surface area (TPSA) is 34.2 Å². The molecule has 2 rings (SSSR count). The van der Waals surface area contributed by atoms with E-state index in [0.29, 0.717) is 6.54 Å². The molecule has 1 aromatic carbocycles. The van der Waals surface area contributed by atoms with Gasteiger partial charge in [0.25, 0.3) is 0 Å². The average Bonchev–Trinajstić information content (AvgIpc) is 2.43. The summed E-state index contributed by atoms with van der Waals surface area (Å²) in [6.45, 7) is 3.32. The number of benzene rings is 1. The van der Waals surface area contributed by atoms with Crippen molar-refractivity contribution in [3.05, 3.63) is 53.7 Å². The monoisotopic (exact) mass is 264 g/mol. The van der Waals surface area contributed by atoms with Crippen molar-refractivity contribution in [2.45, 2.75) is 13.5 Å². The Kier molecular flexibility index (Phi) is 4.41. The van der Waals surface area contributed by atoms with Gasteiger partial charge in [0.05, 0.1) is 0 Å². The lowest BCUT2D eigenvalue weighted by atomic mass is 10.2. The van der Waals surface area contributed by atoms with Crippen molar-refractivity contribution < 1.29 is 13.5 Å². The van der Waals surface area contributed by atoms with Gasteiger partial charge in [0.15, 0.2) is 11.6 Å². The van der Waals surface area contributed by atoms with Gasteiger partial charge >= 0.3 is 0 Å². The number of rotatable bonds is 5. The predicted octanol–water partition coefficient (Wildman–Crippen LogP) is 3.26. The van der Waals surface area contributed by atoms with Crippen LogP contribution in [0.3, 0.4) is 0 Å². The number of nitrogens with zero attached hydrogens (tertiary/aromatic N) is 1. The maximum Gasteiger partial charge on any atom is 0.223 e. The minimum absolute atomic E-state index is 0.170. The summed E-state index contributed by atoms with van der Waals surface area (Å²) < 4.78 is 32.0. The minimum Gasteiger partial charge on any atom is -0.435 e. The van der Waals surface area contributed by atoms with Gasteiger partial charge in [0.2, 0.25) is 11.7 Å². The van der Waals surface area contributed by atoms with Crippen LogP contribution in [0.25, 0.3) is 0 Å². The number of ether oxygens (including phenoxy) is 1. The van der Waals surface area contributed by atoms with Crippen molar-refractivity contribution in [2.24, 2.45) is 0 Å². The lowest BCUT2D eigenvalue weighted by molar-refractivity contribution is 0.400. The molecule has 0 bridgehead atoms. The second-order valence-electron chi connectivity index (χ2n) is 3.90. The van der Waals surface area contributed by atoms with Crippen LogP contribution in [0.1, 0.15) is 12.5 Å². The molecule has 2 aromatic rings. The van der Waals surface area contributed by atoms with Crippen molar-refractivity contribution in [2.75, 3.05) is 6.54 Å². The summed E-state index contributed by atoms with van der Waals surface area (Å²) in [6, 6.07) is 7.38. The van der Waals surface area contributed by atoms with Crippen LogP contribution in [0.2, 0.25) is 0 Å². The number of pyridine rings is 1. The third-order valence-electron chi connectivity index (χ3n) is 2.54. The molecule has 0 radical (unpaired) electrons. The maximum absolute atomic E-state index is 13.5. The fourth-order valence-corrected chi connectivity index (χ4v) is 1.58. The van der Waals surface area contributed by atoms with E-state index in [-0.39, 0.29) is 11.6 Å². The van der Waals surface area contributed by atoms with E-state index in [2.05, 4.69) is 10.3 Å². The van der Waals surface area contributed by atoms with Gasteiger partial charge in [-0.1, -0.05) is 19.1 Å². The number of hydrogen-bond donors (Lipinski definition) is 1. The van der Waals surface area contributed by atoms with E-state index < -0.39 is 11.6 Å². The van der Waals surface area contributed by atoms with E-state index in [0.717, 1.165) is 18.2 Å². The van der Waals surface area contributed by atoms with Crippen LogP contribution in [0.15, 0.2) is 36.5 Å². The second-order valence-corrected chi connectivity index (χ2v) is 3.90. The van der Waals surface area contributed by atoms with Crippen molar-refractivity contribution in [1.29, 1.82) is 0 Å². The highest BCUT2D eigenvalue weighted by molar-refractivity contribution is 5.33. The summed E-state index contributed by atoms with van der Waals surface area (Å²) in [5.41, 5.74) is 0.785. The lowest BCUT2D eigenvalue weighted by Crippen LogP contribution is -2.12. The molecule has 0 aliphatic carbocycles. The molecule has 0 saturated heterocycles. The Morgan fingerprint density at radius 2 is 2.05 bits per heavy atom. The Hall–Kier alpha value is -2.01. The Bertz CT molecular complexity index is 561. The molecule has 0 saturated carbocycles. The highest BCUT2D eigenvalue weighted by Gasteiger charge is 2.12.